The van der Waals surface area contributed by atoms with Crippen molar-refractivity contribution in [3.8, 4) is 0 Å². The Kier molecular flexibility index (Phi) is 5.19. The normalized spacial score (nSPS) is 15.8. The van der Waals surface area contributed by atoms with Gasteiger partial charge in [-0.25, -0.2) is 18.4 Å². The van der Waals surface area contributed by atoms with E-state index in [1.807, 2.05) is 4.90 Å². The van der Waals surface area contributed by atoms with Gasteiger partial charge in [0.1, 0.15) is 0 Å². The highest BCUT2D eigenvalue weighted by atomic mass is 32.2. The van der Waals surface area contributed by atoms with Crippen LogP contribution in [-0.2, 0) is 21.2 Å². The number of aliphatic carboxylic acids is 1. The molecule has 1 aromatic heterocycles. The molecule has 0 unspecified atom stereocenters. The minimum Gasteiger partial charge on any atom is -0.481 e. The highest BCUT2D eigenvalue weighted by Crippen LogP contribution is 2.24. The minimum atomic E-state index is -3.68. The summed E-state index contributed by atoms with van der Waals surface area (Å²) in [6, 6.07) is 6.50. The lowest BCUT2D eigenvalue weighted by molar-refractivity contribution is -0.136. The number of aromatic nitrogens is 2. The van der Waals surface area contributed by atoms with Crippen LogP contribution in [0.5, 0.6) is 0 Å². The van der Waals surface area contributed by atoms with Crippen LogP contribution in [0.15, 0.2) is 41.6 Å². The first-order chi connectivity index (χ1) is 12.4. The molecule has 0 amide bonds. The predicted octanol–water partition coefficient (Wildman–Crippen LogP) is 0.923. The smallest absolute Gasteiger partial charge is 0.307 e. The molecule has 1 N–H and O–H groups in total. The predicted molar refractivity (Wildman–Crippen MR) is 95.5 cm³/mol. The highest BCUT2D eigenvalue weighted by Gasteiger charge is 2.30. The van der Waals surface area contributed by atoms with Crippen LogP contribution in [0.4, 0.5) is 5.95 Å². The molecular weight excluding hydrogens is 356 g/mol. The second-order valence-corrected chi connectivity index (χ2v) is 7.96. The fourth-order valence-electron chi connectivity index (χ4n) is 3.02. The molecule has 0 saturated carbocycles. The molecule has 138 valence electrons. The van der Waals surface area contributed by atoms with Crippen LogP contribution >= 0.6 is 0 Å². The van der Waals surface area contributed by atoms with Crippen LogP contribution in [-0.4, -0.2) is 59.9 Å². The topological polar surface area (TPSA) is 104 Å². The Morgan fingerprint density at radius 3 is 2.38 bits per heavy atom. The number of carboxylic acids is 1. The maximum Gasteiger partial charge on any atom is 0.307 e. The number of benzene rings is 1. The summed E-state index contributed by atoms with van der Waals surface area (Å²) >= 11 is 0. The molecule has 0 atom stereocenters. The van der Waals surface area contributed by atoms with Gasteiger partial charge in [-0.15, -0.1) is 0 Å². The van der Waals surface area contributed by atoms with Gasteiger partial charge >= 0.3 is 5.97 Å². The van der Waals surface area contributed by atoms with Crippen molar-refractivity contribution in [3.63, 3.8) is 0 Å². The lowest BCUT2D eigenvalue weighted by Crippen LogP contribution is -2.49. The number of carboxylic acid groups (broad SMARTS) is 1. The molecule has 2 heterocycles. The Morgan fingerprint density at radius 2 is 1.77 bits per heavy atom. The summed E-state index contributed by atoms with van der Waals surface area (Å²) in [5.74, 6) is -0.400. The standard InChI is InChI=1S/C17H20N4O4S/c1-13-14(12-16(22)23)4-2-5-15(13)26(24,25)21-10-8-20(9-11-21)17-18-6-3-7-19-17/h2-7H,8-12H2,1H3,(H,22,23). The summed E-state index contributed by atoms with van der Waals surface area (Å²) in [4.78, 5) is 21.5. The molecule has 9 heteroatoms. The summed E-state index contributed by atoms with van der Waals surface area (Å²) in [6.45, 7) is 3.29. The molecule has 26 heavy (non-hydrogen) atoms. The van der Waals surface area contributed by atoms with Crippen molar-refractivity contribution in [2.75, 3.05) is 31.1 Å². The van der Waals surface area contributed by atoms with Crippen LogP contribution in [0.3, 0.4) is 0 Å². The summed E-state index contributed by atoms with van der Waals surface area (Å²) in [7, 11) is -3.68. The zero-order chi connectivity index (χ0) is 18.7. The van der Waals surface area contributed by atoms with E-state index in [0.29, 0.717) is 43.3 Å². The van der Waals surface area contributed by atoms with Gasteiger partial charge < -0.3 is 10.0 Å². The third-order valence-corrected chi connectivity index (χ3v) is 6.47. The molecular formula is C17H20N4O4S. The lowest BCUT2D eigenvalue weighted by Gasteiger charge is -2.34. The maximum absolute atomic E-state index is 13.0. The Balaban J connectivity index is 1.79. The molecule has 3 rings (SSSR count). The Labute approximate surface area is 152 Å². The van der Waals surface area contributed by atoms with E-state index in [1.54, 1.807) is 37.5 Å². The molecule has 1 aromatic carbocycles. The Bertz CT molecular complexity index is 894. The van der Waals surface area contributed by atoms with E-state index < -0.39 is 16.0 Å². The van der Waals surface area contributed by atoms with Gasteiger partial charge in [0, 0.05) is 38.6 Å². The van der Waals surface area contributed by atoms with Crippen molar-refractivity contribution >= 4 is 21.9 Å². The van der Waals surface area contributed by atoms with Crippen molar-refractivity contribution in [3.05, 3.63) is 47.8 Å². The fourth-order valence-corrected chi connectivity index (χ4v) is 4.71. The van der Waals surface area contributed by atoms with Crippen LogP contribution in [0.25, 0.3) is 0 Å². The average molecular weight is 376 g/mol. The molecule has 1 aliphatic rings. The first-order valence-corrected chi connectivity index (χ1v) is 9.66. The first-order valence-electron chi connectivity index (χ1n) is 8.22. The van der Waals surface area contributed by atoms with Crippen LogP contribution in [0.2, 0.25) is 0 Å². The van der Waals surface area contributed by atoms with Crippen LogP contribution in [0.1, 0.15) is 11.1 Å². The van der Waals surface area contributed by atoms with Crippen molar-refractivity contribution in [2.24, 2.45) is 0 Å². The van der Waals surface area contributed by atoms with Crippen LogP contribution in [0, 0.1) is 6.92 Å². The molecule has 1 fully saturated rings. The summed E-state index contributed by atoms with van der Waals surface area (Å²) in [6.07, 6.45) is 3.11. The third kappa shape index (κ3) is 3.68. The molecule has 1 saturated heterocycles. The molecule has 8 nitrogen and oxygen atoms in total. The first kappa shape index (κ1) is 18.3. The van der Waals surface area contributed by atoms with Crippen molar-refractivity contribution in [2.45, 2.75) is 18.2 Å². The third-order valence-electron chi connectivity index (χ3n) is 4.43. The van der Waals surface area contributed by atoms with Gasteiger partial charge in [0.05, 0.1) is 11.3 Å². The quantitative estimate of drug-likeness (QED) is 0.827. The minimum absolute atomic E-state index is 0.167. The van der Waals surface area contributed by atoms with Gasteiger partial charge in [-0.2, -0.15) is 4.31 Å². The van der Waals surface area contributed by atoms with Crippen LogP contribution < -0.4 is 4.90 Å². The molecule has 0 bridgehead atoms. The molecule has 0 radical (unpaired) electrons. The summed E-state index contributed by atoms with van der Waals surface area (Å²) < 4.78 is 27.5. The van der Waals surface area contributed by atoms with E-state index in [9.17, 15) is 13.2 Å². The lowest BCUT2D eigenvalue weighted by atomic mass is 10.1. The highest BCUT2D eigenvalue weighted by molar-refractivity contribution is 7.89. The monoisotopic (exact) mass is 376 g/mol. The van der Waals surface area contributed by atoms with Gasteiger partial charge in [-0.05, 0) is 30.2 Å². The van der Waals surface area contributed by atoms with Crippen molar-refractivity contribution in [1.82, 2.24) is 14.3 Å². The van der Waals surface area contributed by atoms with E-state index >= 15 is 0 Å². The van der Waals surface area contributed by atoms with E-state index in [-0.39, 0.29) is 11.3 Å². The fraction of sp³-hybridized carbons (Fsp3) is 0.353. The largest absolute Gasteiger partial charge is 0.481 e. The zero-order valence-corrected chi connectivity index (χ0v) is 15.2. The number of piperazine rings is 1. The van der Waals surface area contributed by atoms with E-state index in [4.69, 9.17) is 5.11 Å². The van der Waals surface area contributed by atoms with Gasteiger partial charge in [0.2, 0.25) is 16.0 Å². The Hall–Kier alpha value is -2.52. The molecule has 2 aromatic rings. The van der Waals surface area contributed by atoms with Crippen molar-refractivity contribution in [1.29, 1.82) is 0 Å². The number of nitrogens with zero attached hydrogens (tertiary/aromatic N) is 4. The number of rotatable bonds is 5. The van der Waals surface area contributed by atoms with Gasteiger partial charge in [0.15, 0.2) is 0 Å². The second kappa shape index (κ2) is 7.38. The summed E-state index contributed by atoms with van der Waals surface area (Å²) in [5, 5.41) is 8.99. The average Bonchev–Trinajstić information content (AvgIpc) is 2.64. The number of carbonyl (C=O) groups is 1. The zero-order valence-electron chi connectivity index (χ0n) is 14.4. The Morgan fingerprint density at radius 1 is 1.12 bits per heavy atom. The summed E-state index contributed by atoms with van der Waals surface area (Å²) in [5.41, 5.74) is 0.999. The molecule has 0 spiro atoms. The molecule has 1 aliphatic heterocycles. The van der Waals surface area contributed by atoms with Gasteiger partial charge in [0.25, 0.3) is 0 Å². The van der Waals surface area contributed by atoms with Gasteiger partial charge in [-0.3, -0.25) is 4.79 Å². The van der Waals surface area contributed by atoms with E-state index in [0.717, 1.165) is 0 Å². The number of sulfonamides is 1. The van der Waals surface area contributed by atoms with Gasteiger partial charge in [-0.1, -0.05) is 12.1 Å². The molecule has 0 aliphatic carbocycles. The number of hydrogen-bond acceptors (Lipinski definition) is 6. The number of hydrogen-bond donors (Lipinski definition) is 1. The van der Waals surface area contributed by atoms with Crippen molar-refractivity contribution < 1.29 is 18.3 Å². The number of anilines is 1. The maximum atomic E-state index is 13.0. The second-order valence-electron chi connectivity index (χ2n) is 6.05. The van der Waals surface area contributed by atoms with E-state index in [1.165, 1.54) is 10.4 Å². The SMILES string of the molecule is Cc1c(CC(=O)O)cccc1S(=O)(=O)N1CCN(c2ncccn2)CC1. The van der Waals surface area contributed by atoms with E-state index in [2.05, 4.69) is 9.97 Å².